The van der Waals surface area contributed by atoms with Crippen molar-refractivity contribution >= 4 is 11.5 Å². The van der Waals surface area contributed by atoms with E-state index < -0.39 is 0 Å². The molecule has 0 amide bonds. The number of rotatable bonds is 2. The monoisotopic (exact) mass is 289 g/mol. The largest absolute Gasteiger partial charge is 0.377 e. The van der Waals surface area contributed by atoms with Crippen molar-refractivity contribution in [2.24, 2.45) is 0 Å². The number of nitrogens with zero attached hydrogens (tertiary/aromatic N) is 3. The average molecular weight is 289 g/mol. The minimum atomic E-state index is 0.392. The summed E-state index contributed by atoms with van der Waals surface area (Å²) in [4.78, 5) is 9.50. The van der Waals surface area contributed by atoms with Crippen molar-refractivity contribution in [3.05, 3.63) is 18.3 Å². The van der Waals surface area contributed by atoms with Crippen LogP contribution in [-0.4, -0.2) is 56.1 Å². The molecule has 3 fully saturated rings. The Morgan fingerprint density at radius 2 is 1.95 bits per heavy atom. The molecule has 3 aliphatic rings. The second kappa shape index (κ2) is 5.46. The lowest BCUT2D eigenvalue weighted by Gasteiger charge is -2.38. The Morgan fingerprint density at radius 1 is 1.14 bits per heavy atom. The van der Waals surface area contributed by atoms with E-state index >= 15 is 0 Å². The number of morpholine rings is 2. The van der Waals surface area contributed by atoms with Crippen LogP contribution in [0.3, 0.4) is 0 Å². The molecule has 0 aliphatic carbocycles. The van der Waals surface area contributed by atoms with Crippen LogP contribution in [0.15, 0.2) is 18.3 Å². The summed E-state index contributed by atoms with van der Waals surface area (Å²) in [7, 11) is 0. The molecule has 2 bridgehead atoms. The van der Waals surface area contributed by atoms with Crippen LogP contribution < -0.4 is 9.80 Å². The predicted octanol–water partition coefficient (Wildman–Crippen LogP) is 1.67. The van der Waals surface area contributed by atoms with Crippen molar-refractivity contribution in [3.8, 4) is 0 Å². The summed E-state index contributed by atoms with van der Waals surface area (Å²) in [6, 6.07) is 5.87. The van der Waals surface area contributed by atoms with Crippen molar-refractivity contribution in [2.45, 2.75) is 37.9 Å². The summed E-state index contributed by atoms with van der Waals surface area (Å²) in [6.07, 6.45) is 4.44. The molecule has 5 nitrogen and oxygen atoms in total. The molecule has 4 rings (SSSR count). The van der Waals surface area contributed by atoms with Crippen molar-refractivity contribution in [2.75, 3.05) is 42.8 Å². The van der Waals surface area contributed by atoms with Crippen LogP contribution in [0.25, 0.3) is 0 Å². The Balaban J connectivity index is 1.61. The van der Waals surface area contributed by atoms with Gasteiger partial charge < -0.3 is 19.3 Å². The zero-order valence-electron chi connectivity index (χ0n) is 12.6. The maximum absolute atomic E-state index is 5.69. The fourth-order valence-electron chi connectivity index (χ4n) is 3.84. The number of aromatic nitrogens is 1. The fourth-order valence-corrected chi connectivity index (χ4v) is 3.84. The second-order valence-electron chi connectivity index (χ2n) is 6.32. The van der Waals surface area contributed by atoms with E-state index in [4.69, 9.17) is 9.47 Å². The maximum Gasteiger partial charge on any atom is 0.130 e. The number of pyridine rings is 1. The lowest BCUT2D eigenvalue weighted by Crippen LogP contribution is -2.46. The summed E-state index contributed by atoms with van der Waals surface area (Å²) < 4.78 is 11.2. The van der Waals surface area contributed by atoms with E-state index in [1.54, 1.807) is 0 Å². The van der Waals surface area contributed by atoms with Crippen molar-refractivity contribution in [3.63, 3.8) is 0 Å². The Kier molecular flexibility index (Phi) is 3.47. The van der Waals surface area contributed by atoms with Gasteiger partial charge in [0, 0.05) is 24.5 Å². The minimum absolute atomic E-state index is 0.392. The van der Waals surface area contributed by atoms with E-state index in [2.05, 4.69) is 33.8 Å². The highest BCUT2D eigenvalue weighted by Crippen LogP contribution is 2.35. The van der Waals surface area contributed by atoms with Crippen molar-refractivity contribution < 1.29 is 9.47 Å². The summed E-state index contributed by atoms with van der Waals surface area (Å²) >= 11 is 0. The van der Waals surface area contributed by atoms with Crippen LogP contribution in [0.4, 0.5) is 11.5 Å². The van der Waals surface area contributed by atoms with Gasteiger partial charge in [0.25, 0.3) is 0 Å². The maximum atomic E-state index is 5.69. The van der Waals surface area contributed by atoms with E-state index in [1.807, 2.05) is 6.20 Å². The molecule has 0 spiro atoms. The topological polar surface area (TPSA) is 37.8 Å². The Morgan fingerprint density at radius 3 is 2.71 bits per heavy atom. The minimum Gasteiger partial charge on any atom is -0.377 e. The molecule has 0 N–H and O–H groups in total. The first kappa shape index (κ1) is 13.3. The van der Waals surface area contributed by atoms with Crippen LogP contribution in [0, 0.1) is 0 Å². The van der Waals surface area contributed by atoms with Gasteiger partial charge in [-0.15, -0.1) is 0 Å². The number of hydrogen-bond donors (Lipinski definition) is 0. The average Bonchev–Trinajstić information content (AvgIpc) is 2.77. The van der Waals surface area contributed by atoms with Gasteiger partial charge in [-0.1, -0.05) is 0 Å². The molecule has 3 saturated heterocycles. The third kappa shape index (κ3) is 2.38. The van der Waals surface area contributed by atoms with Crippen molar-refractivity contribution in [1.82, 2.24) is 4.98 Å². The van der Waals surface area contributed by atoms with Gasteiger partial charge in [-0.2, -0.15) is 0 Å². The molecule has 5 heteroatoms. The number of hydrogen-bond acceptors (Lipinski definition) is 5. The van der Waals surface area contributed by atoms with Gasteiger partial charge in [-0.25, -0.2) is 4.98 Å². The van der Waals surface area contributed by atoms with Gasteiger partial charge in [-0.3, -0.25) is 0 Å². The molecule has 0 unspecified atom stereocenters. The highest BCUT2D eigenvalue weighted by Gasteiger charge is 2.37. The summed E-state index contributed by atoms with van der Waals surface area (Å²) in [6.45, 7) is 6.43. The first-order chi connectivity index (χ1) is 10.3. The third-order valence-electron chi connectivity index (χ3n) is 4.93. The Labute approximate surface area is 125 Å². The lowest BCUT2D eigenvalue weighted by molar-refractivity contribution is 0.0906. The number of fused-ring (bicyclic) bond motifs is 2. The molecule has 114 valence electrons. The zero-order valence-corrected chi connectivity index (χ0v) is 12.6. The Bertz CT molecular complexity index is 494. The summed E-state index contributed by atoms with van der Waals surface area (Å²) in [5.41, 5.74) is 1.30. The highest BCUT2D eigenvalue weighted by atomic mass is 16.5. The first-order valence-corrected chi connectivity index (χ1v) is 7.99. The smallest absolute Gasteiger partial charge is 0.130 e. The molecular formula is C16H23N3O2. The molecule has 4 heterocycles. The van der Waals surface area contributed by atoms with E-state index in [0.29, 0.717) is 18.1 Å². The molecule has 3 atom stereocenters. The molecule has 0 saturated carbocycles. The van der Waals surface area contributed by atoms with Gasteiger partial charge in [0.05, 0.1) is 44.6 Å². The Hall–Kier alpha value is -1.33. The fraction of sp³-hybridized carbons (Fsp3) is 0.688. The molecule has 1 aromatic rings. The SMILES string of the molecule is C[C@H]1COCCN1c1cc(N2[C@@H]3CC[C@H]2COC3)ccn1. The molecule has 21 heavy (non-hydrogen) atoms. The van der Waals surface area contributed by atoms with Gasteiger partial charge in [0.1, 0.15) is 5.82 Å². The normalized spacial score (nSPS) is 32.5. The second-order valence-corrected chi connectivity index (χ2v) is 6.32. The van der Waals surface area contributed by atoms with E-state index in [1.165, 1.54) is 18.5 Å². The van der Waals surface area contributed by atoms with Crippen LogP contribution >= 0.6 is 0 Å². The van der Waals surface area contributed by atoms with Crippen molar-refractivity contribution in [1.29, 1.82) is 0 Å². The predicted molar refractivity (Wildman–Crippen MR) is 82.0 cm³/mol. The van der Waals surface area contributed by atoms with E-state index in [0.717, 1.165) is 38.8 Å². The standard InChI is InChI=1S/C16H23N3O2/c1-12-9-20-7-6-18(12)16-8-13(4-5-17-16)19-14-2-3-15(19)11-21-10-14/h4-5,8,12,14-15H,2-3,6-7,9-11H2,1H3/t12-,14-,15+/m0/s1. The number of ether oxygens (including phenoxy) is 2. The molecule has 0 aromatic carbocycles. The molecule has 3 aliphatic heterocycles. The van der Waals surface area contributed by atoms with Crippen LogP contribution in [0.1, 0.15) is 19.8 Å². The summed E-state index contributed by atoms with van der Waals surface area (Å²) in [5.74, 6) is 1.08. The van der Waals surface area contributed by atoms with Crippen LogP contribution in [0.5, 0.6) is 0 Å². The zero-order chi connectivity index (χ0) is 14.2. The molecular weight excluding hydrogens is 266 g/mol. The van der Waals surface area contributed by atoms with Gasteiger partial charge in [0.2, 0.25) is 0 Å². The van der Waals surface area contributed by atoms with Crippen LogP contribution in [-0.2, 0) is 9.47 Å². The van der Waals surface area contributed by atoms with Gasteiger partial charge >= 0.3 is 0 Å². The van der Waals surface area contributed by atoms with E-state index in [9.17, 15) is 0 Å². The highest BCUT2D eigenvalue weighted by molar-refractivity contribution is 5.57. The molecule has 1 aromatic heterocycles. The van der Waals surface area contributed by atoms with E-state index in [-0.39, 0.29) is 0 Å². The number of anilines is 2. The first-order valence-electron chi connectivity index (χ1n) is 7.99. The van der Waals surface area contributed by atoms with Gasteiger partial charge in [-0.05, 0) is 25.8 Å². The van der Waals surface area contributed by atoms with Gasteiger partial charge in [0.15, 0.2) is 0 Å². The summed E-state index contributed by atoms with van der Waals surface area (Å²) in [5, 5.41) is 0. The molecule has 0 radical (unpaired) electrons. The lowest BCUT2D eigenvalue weighted by atomic mass is 10.2. The van der Waals surface area contributed by atoms with Crippen LogP contribution in [0.2, 0.25) is 0 Å². The quantitative estimate of drug-likeness (QED) is 0.828. The third-order valence-corrected chi connectivity index (χ3v) is 4.93.